The highest BCUT2D eigenvalue weighted by Crippen LogP contribution is 2.48. The lowest BCUT2D eigenvalue weighted by atomic mass is 9.73. The largest absolute Gasteiger partial charge is 0.502 e. The second-order valence-electron chi connectivity index (χ2n) is 10.3. The summed E-state index contributed by atoms with van der Waals surface area (Å²) in [5.41, 5.74) is 4.56. The van der Waals surface area contributed by atoms with Gasteiger partial charge in [0.2, 0.25) is 5.75 Å². The number of fused-ring (bicyclic) bond motifs is 1. The third kappa shape index (κ3) is 4.53. The van der Waals surface area contributed by atoms with E-state index in [4.69, 9.17) is 9.47 Å². The van der Waals surface area contributed by atoms with E-state index < -0.39 is 6.04 Å². The van der Waals surface area contributed by atoms with Gasteiger partial charge in [0.05, 0.1) is 31.6 Å². The summed E-state index contributed by atoms with van der Waals surface area (Å²) in [5, 5.41) is 17.5. The first-order chi connectivity index (χ1) is 17.7. The molecule has 37 heavy (non-hydrogen) atoms. The lowest BCUT2D eigenvalue weighted by Gasteiger charge is -2.34. The molecule has 190 valence electrons. The number of phenolic OH excluding ortho intramolecular Hbond substituents is 1. The first-order valence-electron chi connectivity index (χ1n) is 12.2. The van der Waals surface area contributed by atoms with E-state index in [1.165, 1.54) is 14.2 Å². The predicted molar refractivity (Wildman–Crippen MR) is 143 cm³/mol. The number of allylic oxidation sites excluding steroid dienone is 1. The number of rotatable bonds is 5. The molecule has 1 atom stereocenters. The average molecular weight is 499 g/mol. The Morgan fingerprint density at radius 2 is 1.59 bits per heavy atom. The molecular formula is C30H30N2O5. The fraction of sp³-hybridized carbons (Fsp3) is 0.267. The molecule has 2 aliphatic rings. The first kappa shape index (κ1) is 24.4. The molecule has 0 spiro atoms. The number of phenols is 1. The van der Waals surface area contributed by atoms with E-state index in [9.17, 15) is 14.7 Å². The van der Waals surface area contributed by atoms with E-state index in [2.05, 4.69) is 24.5 Å². The van der Waals surface area contributed by atoms with Crippen LogP contribution in [-0.4, -0.2) is 30.9 Å². The summed E-state index contributed by atoms with van der Waals surface area (Å²) in [6, 6.07) is 17.5. The van der Waals surface area contributed by atoms with Gasteiger partial charge in [-0.3, -0.25) is 9.59 Å². The van der Waals surface area contributed by atoms with Gasteiger partial charge in [0.15, 0.2) is 23.1 Å². The zero-order valence-corrected chi connectivity index (χ0v) is 21.3. The van der Waals surface area contributed by atoms with Gasteiger partial charge >= 0.3 is 0 Å². The predicted octanol–water partition coefficient (Wildman–Crippen LogP) is 5.86. The Morgan fingerprint density at radius 3 is 2.24 bits per heavy atom. The highest BCUT2D eigenvalue weighted by Gasteiger charge is 2.39. The summed E-state index contributed by atoms with van der Waals surface area (Å²) in [7, 11) is 2.94. The van der Waals surface area contributed by atoms with Crippen LogP contribution in [0.15, 0.2) is 71.9 Å². The minimum absolute atomic E-state index is 0.0376. The van der Waals surface area contributed by atoms with Crippen LogP contribution in [0.3, 0.4) is 0 Å². The molecule has 1 aliphatic carbocycles. The molecule has 3 N–H and O–H groups in total. The quantitative estimate of drug-likeness (QED) is 0.379. The number of ketones is 2. The van der Waals surface area contributed by atoms with E-state index in [0.29, 0.717) is 35.1 Å². The lowest BCUT2D eigenvalue weighted by Crippen LogP contribution is -2.31. The number of aromatic hydroxyl groups is 1. The van der Waals surface area contributed by atoms with Gasteiger partial charge in [-0.2, -0.15) is 0 Å². The standard InChI is InChI=1S/C30H30N2O5/c1-30(2)15-22-26(23(33)16-30)27(19-13-24(36-3)29(35)25(14-19)37-4)32-20-11-10-18(12-21(20)31-22)28(34)17-8-6-5-7-9-17/h5-14,27,31-32,35H,15-16H2,1-4H3. The molecule has 7 nitrogen and oxygen atoms in total. The van der Waals surface area contributed by atoms with Gasteiger partial charge in [0.1, 0.15) is 0 Å². The van der Waals surface area contributed by atoms with Crippen molar-refractivity contribution in [1.82, 2.24) is 0 Å². The molecule has 1 aliphatic heterocycles. The van der Waals surface area contributed by atoms with Crippen LogP contribution in [-0.2, 0) is 4.79 Å². The third-order valence-corrected chi connectivity index (χ3v) is 6.95. The topological polar surface area (TPSA) is 96.9 Å². The van der Waals surface area contributed by atoms with Gasteiger partial charge in [-0.25, -0.2) is 0 Å². The number of hydrogen-bond donors (Lipinski definition) is 3. The van der Waals surface area contributed by atoms with Gasteiger partial charge in [0, 0.05) is 28.8 Å². The highest BCUT2D eigenvalue weighted by atomic mass is 16.5. The summed E-state index contributed by atoms with van der Waals surface area (Å²) < 4.78 is 10.8. The van der Waals surface area contributed by atoms with Gasteiger partial charge < -0.3 is 25.2 Å². The minimum atomic E-state index is -0.522. The van der Waals surface area contributed by atoms with Crippen molar-refractivity contribution < 1.29 is 24.2 Å². The van der Waals surface area contributed by atoms with E-state index in [1.54, 1.807) is 30.3 Å². The van der Waals surface area contributed by atoms with Gasteiger partial charge in [-0.15, -0.1) is 0 Å². The molecule has 0 saturated carbocycles. The SMILES string of the molecule is COc1cc(C2Nc3ccc(C(=O)c4ccccc4)cc3NC3=C2C(=O)CC(C)(C)C3)cc(OC)c1O. The third-order valence-electron chi connectivity index (χ3n) is 6.95. The van der Waals surface area contributed by atoms with Crippen molar-refractivity contribution in [3.05, 3.63) is 88.6 Å². The zero-order chi connectivity index (χ0) is 26.3. The maximum atomic E-state index is 13.6. The molecule has 1 unspecified atom stereocenters. The fourth-order valence-electron chi connectivity index (χ4n) is 5.17. The molecule has 3 aromatic rings. The Kier molecular flexibility index (Phi) is 6.15. The molecule has 5 rings (SSSR count). The van der Waals surface area contributed by atoms with Crippen molar-refractivity contribution in [1.29, 1.82) is 0 Å². The number of carbonyl (C=O) groups excluding carboxylic acids is 2. The van der Waals surface area contributed by atoms with Crippen LogP contribution < -0.4 is 20.1 Å². The van der Waals surface area contributed by atoms with Crippen LogP contribution in [0.2, 0.25) is 0 Å². The molecule has 0 radical (unpaired) electrons. The lowest BCUT2D eigenvalue weighted by molar-refractivity contribution is -0.118. The van der Waals surface area contributed by atoms with E-state index in [1.807, 2.05) is 30.3 Å². The van der Waals surface area contributed by atoms with Crippen LogP contribution >= 0.6 is 0 Å². The number of hydrogen-bond acceptors (Lipinski definition) is 7. The summed E-state index contributed by atoms with van der Waals surface area (Å²) in [5.74, 6) is 0.366. The van der Waals surface area contributed by atoms with Crippen molar-refractivity contribution in [3.8, 4) is 17.2 Å². The Morgan fingerprint density at radius 1 is 0.919 bits per heavy atom. The molecule has 0 fully saturated rings. The van der Waals surface area contributed by atoms with Gasteiger partial charge in [-0.05, 0) is 47.7 Å². The van der Waals surface area contributed by atoms with Crippen molar-refractivity contribution in [2.45, 2.75) is 32.7 Å². The van der Waals surface area contributed by atoms with Gasteiger partial charge in [0.25, 0.3) is 0 Å². The Bertz CT molecular complexity index is 1400. The maximum absolute atomic E-state index is 13.6. The Labute approximate surface area is 216 Å². The van der Waals surface area contributed by atoms with E-state index >= 15 is 0 Å². The number of carbonyl (C=O) groups is 2. The molecule has 7 heteroatoms. The number of nitrogens with one attached hydrogen (secondary N) is 2. The molecular weight excluding hydrogens is 468 g/mol. The summed E-state index contributed by atoms with van der Waals surface area (Å²) >= 11 is 0. The second-order valence-corrected chi connectivity index (χ2v) is 10.3. The van der Waals surface area contributed by atoms with Crippen LogP contribution in [0.5, 0.6) is 17.2 Å². The Hall–Kier alpha value is -4.26. The second kappa shape index (κ2) is 9.32. The smallest absolute Gasteiger partial charge is 0.200 e. The van der Waals surface area contributed by atoms with Gasteiger partial charge in [-0.1, -0.05) is 44.2 Å². The first-order valence-corrected chi connectivity index (χ1v) is 12.2. The molecule has 0 aromatic heterocycles. The fourth-order valence-corrected chi connectivity index (χ4v) is 5.17. The monoisotopic (exact) mass is 498 g/mol. The molecule has 0 bridgehead atoms. The number of anilines is 2. The van der Waals surface area contributed by atoms with Crippen LogP contribution in [0.1, 0.15) is 54.2 Å². The average Bonchev–Trinajstić information content (AvgIpc) is 3.04. The van der Waals surface area contributed by atoms with Crippen molar-refractivity contribution >= 4 is 22.9 Å². The van der Waals surface area contributed by atoms with Crippen LogP contribution in [0.25, 0.3) is 0 Å². The molecule has 1 heterocycles. The zero-order valence-electron chi connectivity index (χ0n) is 21.3. The minimum Gasteiger partial charge on any atom is -0.502 e. The van der Waals surface area contributed by atoms with Crippen molar-refractivity contribution in [2.24, 2.45) is 5.41 Å². The van der Waals surface area contributed by atoms with Crippen molar-refractivity contribution in [2.75, 3.05) is 24.9 Å². The molecule has 0 amide bonds. The van der Waals surface area contributed by atoms with Crippen LogP contribution in [0, 0.1) is 5.41 Å². The van der Waals surface area contributed by atoms with Crippen LogP contribution in [0.4, 0.5) is 11.4 Å². The van der Waals surface area contributed by atoms with Crippen molar-refractivity contribution in [3.63, 3.8) is 0 Å². The number of ether oxygens (including phenoxy) is 2. The number of methoxy groups -OCH3 is 2. The van der Waals surface area contributed by atoms with E-state index in [-0.39, 0.29) is 34.2 Å². The van der Waals surface area contributed by atoms with E-state index in [0.717, 1.165) is 17.1 Å². The summed E-state index contributed by atoms with van der Waals surface area (Å²) in [6.45, 7) is 4.15. The normalized spacial score (nSPS) is 18.1. The molecule has 0 saturated heterocycles. The number of Topliss-reactive ketones (excluding diaryl/α,β-unsaturated/α-hetero) is 1. The number of benzene rings is 3. The maximum Gasteiger partial charge on any atom is 0.200 e. The molecule has 3 aromatic carbocycles. The Balaban J connectivity index is 1.64. The summed E-state index contributed by atoms with van der Waals surface area (Å²) in [6.07, 6.45) is 1.07. The highest BCUT2D eigenvalue weighted by molar-refractivity contribution is 6.10. The summed E-state index contributed by atoms with van der Waals surface area (Å²) in [4.78, 5) is 26.7.